The molecule has 0 saturated carbocycles. The maximum absolute atomic E-state index is 12.6. The quantitative estimate of drug-likeness (QED) is 0.906. The van der Waals surface area contributed by atoms with Gasteiger partial charge in [-0.1, -0.05) is 48.5 Å². The van der Waals surface area contributed by atoms with E-state index in [1.807, 2.05) is 55.5 Å². The summed E-state index contributed by atoms with van der Waals surface area (Å²) in [5.41, 5.74) is 1.70. The van der Waals surface area contributed by atoms with Gasteiger partial charge in [-0.15, -0.1) is 0 Å². The predicted octanol–water partition coefficient (Wildman–Crippen LogP) is 2.71. The number of benzene rings is 2. The van der Waals surface area contributed by atoms with Crippen LogP contribution in [0.15, 0.2) is 60.7 Å². The lowest BCUT2D eigenvalue weighted by atomic mass is 10.1. The summed E-state index contributed by atoms with van der Waals surface area (Å²) in [6, 6.07) is 18.8. The minimum atomic E-state index is -0.220. The number of carbonyl (C=O) groups is 1. The molecule has 1 N–H and O–H groups in total. The van der Waals surface area contributed by atoms with E-state index in [2.05, 4.69) is 0 Å². The lowest BCUT2D eigenvalue weighted by Gasteiger charge is -2.28. The van der Waals surface area contributed by atoms with Crippen molar-refractivity contribution in [1.29, 1.82) is 0 Å². The average molecular weight is 269 g/mol. The smallest absolute Gasteiger partial charge is 0.254 e. The van der Waals surface area contributed by atoms with E-state index in [9.17, 15) is 9.90 Å². The third-order valence-electron chi connectivity index (χ3n) is 3.27. The molecule has 0 aliphatic carbocycles. The molecule has 0 aliphatic heterocycles. The number of amides is 1. The van der Waals surface area contributed by atoms with E-state index in [4.69, 9.17) is 0 Å². The van der Waals surface area contributed by atoms with E-state index in [1.54, 1.807) is 17.0 Å². The molecule has 0 aliphatic rings. The third kappa shape index (κ3) is 3.45. The highest BCUT2D eigenvalue weighted by Crippen LogP contribution is 2.13. The molecule has 0 bridgehead atoms. The van der Waals surface area contributed by atoms with Gasteiger partial charge in [0.25, 0.3) is 5.91 Å². The summed E-state index contributed by atoms with van der Waals surface area (Å²) < 4.78 is 0. The molecule has 3 nitrogen and oxygen atoms in total. The first-order chi connectivity index (χ1) is 9.72. The second kappa shape index (κ2) is 6.87. The van der Waals surface area contributed by atoms with Gasteiger partial charge in [0.1, 0.15) is 0 Å². The van der Waals surface area contributed by atoms with Crippen molar-refractivity contribution < 1.29 is 9.90 Å². The number of rotatable bonds is 5. The Kier molecular flexibility index (Phi) is 4.91. The Morgan fingerprint density at radius 2 is 1.60 bits per heavy atom. The van der Waals surface area contributed by atoms with E-state index in [0.717, 1.165) is 5.56 Å². The van der Waals surface area contributed by atoms with Crippen molar-refractivity contribution in [1.82, 2.24) is 4.90 Å². The van der Waals surface area contributed by atoms with Gasteiger partial charge in [-0.2, -0.15) is 0 Å². The fraction of sp³-hybridized carbons (Fsp3) is 0.235. The van der Waals surface area contributed by atoms with Crippen LogP contribution < -0.4 is 0 Å². The van der Waals surface area contributed by atoms with Gasteiger partial charge in [0.05, 0.1) is 12.6 Å². The maximum Gasteiger partial charge on any atom is 0.254 e. The molecule has 0 heterocycles. The Hall–Kier alpha value is -2.13. The van der Waals surface area contributed by atoms with E-state index < -0.39 is 0 Å². The normalized spacial score (nSPS) is 11.9. The molecule has 0 aromatic heterocycles. The van der Waals surface area contributed by atoms with Crippen LogP contribution in [-0.2, 0) is 6.54 Å². The molecule has 2 aromatic carbocycles. The topological polar surface area (TPSA) is 40.5 Å². The predicted molar refractivity (Wildman–Crippen MR) is 79.3 cm³/mol. The number of carbonyl (C=O) groups excluding carboxylic acids is 1. The Morgan fingerprint density at radius 1 is 1.05 bits per heavy atom. The van der Waals surface area contributed by atoms with Crippen LogP contribution in [0.5, 0.6) is 0 Å². The molecule has 1 atom stereocenters. The summed E-state index contributed by atoms with van der Waals surface area (Å²) >= 11 is 0. The van der Waals surface area contributed by atoms with Crippen molar-refractivity contribution in [3.05, 3.63) is 71.8 Å². The highest BCUT2D eigenvalue weighted by Gasteiger charge is 2.20. The summed E-state index contributed by atoms with van der Waals surface area (Å²) in [5.74, 6) is -0.0593. The van der Waals surface area contributed by atoms with Crippen LogP contribution in [0.4, 0.5) is 0 Å². The van der Waals surface area contributed by atoms with Crippen LogP contribution in [0.2, 0.25) is 0 Å². The van der Waals surface area contributed by atoms with Crippen LogP contribution >= 0.6 is 0 Å². The third-order valence-corrected chi connectivity index (χ3v) is 3.27. The molecule has 1 unspecified atom stereocenters. The zero-order chi connectivity index (χ0) is 14.4. The van der Waals surface area contributed by atoms with Crippen LogP contribution in [0.25, 0.3) is 0 Å². The molecule has 104 valence electrons. The van der Waals surface area contributed by atoms with Gasteiger partial charge in [0, 0.05) is 12.1 Å². The van der Waals surface area contributed by atoms with Crippen LogP contribution in [-0.4, -0.2) is 28.6 Å². The molecule has 2 rings (SSSR count). The summed E-state index contributed by atoms with van der Waals surface area (Å²) in [4.78, 5) is 14.3. The minimum absolute atomic E-state index is 0.0502. The number of nitrogens with zero attached hydrogens (tertiary/aromatic N) is 1. The zero-order valence-corrected chi connectivity index (χ0v) is 11.6. The number of aliphatic hydroxyl groups is 1. The van der Waals surface area contributed by atoms with Crippen LogP contribution in [0, 0.1) is 0 Å². The van der Waals surface area contributed by atoms with E-state index >= 15 is 0 Å². The molecular formula is C17H19NO2. The highest BCUT2D eigenvalue weighted by atomic mass is 16.3. The fourth-order valence-corrected chi connectivity index (χ4v) is 2.05. The molecule has 2 aromatic rings. The van der Waals surface area contributed by atoms with E-state index in [1.165, 1.54) is 0 Å². The lowest BCUT2D eigenvalue weighted by Crippen LogP contribution is -2.40. The first-order valence-corrected chi connectivity index (χ1v) is 6.73. The van der Waals surface area contributed by atoms with Crippen molar-refractivity contribution in [2.45, 2.75) is 19.5 Å². The molecule has 0 spiro atoms. The maximum atomic E-state index is 12.6. The van der Waals surface area contributed by atoms with Gasteiger partial charge in [0.15, 0.2) is 0 Å². The summed E-state index contributed by atoms with van der Waals surface area (Å²) in [7, 11) is 0. The molecule has 20 heavy (non-hydrogen) atoms. The van der Waals surface area contributed by atoms with Gasteiger partial charge in [-0.25, -0.2) is 0 Å². The summed E-state index contributed by atoms with van der Waals surface area (Å²) in [6.07, 6.45) is 0. The standard InChI is InChI=1S/C17H19NO2/c1-14(13-19)18(12-15-8-4-2-5-9-15)17(20)16-10-6-3-7-11-16/h2-11,14,19H,12-13H2,1H3. The van der Waals surface area contributed by atoms with Crippen molar-refractivity contribution in [3.63, 3.8) is 0 Å². The lowest BCUT2D eigenvalue weighted by molar-refractivity contribution is 0.0598. The monoisotopic (exact) mass is 269 g/mol. The van der Waals surface area contributed by atoms with Gasteiger partial charge >= 0.3 is 0 Å². The number of aliphatic hydroxyl groups excluding tert-OH is 1. The van der Waals surface area contributed by atoms with Crippen LogP contribution in [0.3, 0.4) is 0 Å². The number of hydrogen-bond acceptors (Lipinski definition) is 2. The Bertz CT molecular complexity index is 539. The average Bonchev–Trinajstić information content (AvgIpc) is 2.53. The zero-order valence-electron chi connectivity index (χ0n) is 11.6. The Labute approximate surface area is 119 Å². The van der Waals surface area contributed by atoms with E-state index in [0.29, 0.717) is 12.1 Å². The van der Waals surface area contributed by atoms with Gasteiger partial charge in [0.2, 0.25) is 0 Å². The van der Waals surface area contributed by atoms with Gasteiger partial charge in [-0.05, 0) is 24.6 Å². The van der Waals surface area contributed by atoms with Gasteiger partial charge < -0.3 is 10.0 Å². The van der Waals surface area contributed by atoms with Crippen molar-refractivity contribution in [2.24, 2.45) is 0 Å². The molecule has 1 amide bonds. The molecule has 0 radical (unpaired) electrons. The summed E-state index contributed by atoms with van der Waals surface area (Å²) in [6.45, 7) is 2.30. The van der Waals surface area contributed by atoms with Crippen LogP contribution in [0.1, 0.15) is 22.8 Å². The fourth-order valence-electron chi connectivity index (χ4n) is 2.05. The van der Waals surface area contributed by atoms with E-state index in [-0.39, 0.29) is 18.6 Å². The summed E-state index contributed by atoms with van der Waals surface area (Å²) in [5, 5.41) is 9.39. The molecule has 0 fully saturated rings. The second-order valence-electron chi connectivity index (χ2n) is 4.82. The molecular weight excluding hydrogens is 250 g/mol. The molecule has 0 saturated heterocycles. The molecule has 3 heteroatoms. The second-order valence-corrected chi connectivity index (χ2v) is 4.82. The SMILES string of the molecule is CC(CO)N(Cc1ccccc1)C(=O)c1ccccc1. The van der Waals surface area contributed by atoms with Crippen molar-refractivity contribution in [3.8, 4) is 0 Å². The number of hydrogen-bond donors (Lipinski definition) is 1. The largest absolute Gasteiger partial charge is 0.394 e. The minimum Gasteiger partial charge on any atom is -0.394 e. The first-order valence-electron chi connectivity index (χ1n) is 6.73. The Morgan fingerprint density at radius 3 is 2.15 bits per heavy atom. The highest BCUT2D eigenvalue weighted by molar-refractivity contribution is 5.94. The van der Waals surface area contributed by atoms with Crippen molar-refractivity contribution >= 4 is 5.91 Å². The Balaban J connectivity index is 2.22. The van der Waals surface area contributed by atoms with Crippen molar-refractivity contribution in [2.75, 3.05) is 6.61 Å². The van der Waals surface area contributed by atoms with Gasteiger partial charge in [-0.3, -0.25) is 4.79 Å². The first kappa shape index (κ1) is 14.3.